The predicted molar refractivity (Wildman–Crippen MR) is 76.2 cm³/mol. The molecule has 18 heavy (non-hydrogen) atoms. The van der Waals surface area contributed by atoms with Gasteiger partial charge in [-0.05, 0) is 12.8 Å². The molecule has 1 aliphatic rings. The van der Waals surface area contributed by atoms with Crippen LogP contribution in [-0.4, -0.2) is 22.5 Å². The fourth-order valence-corrected chi connectivity index (χ4v) is 3.66. The van der Waals surface area contributed by atoms with E-state index in [2.05, 4.69) is 27.9 Å². The highest BCUT2D eigenvalue weighted by Crippen LogP contribution is 2.29. The number of nitrogens with two attached hydrogens (primary N) is 1. The van der Waals surface area contributed by atoms with Crippen molar-refractivity contribution in [3.63, 3.8) is 0 Å². The van der Waals surface area contributed by atoms with Crippen molar-refractivity contribution in [2.75, 3.05) is 11.9 Å². The molecule has 0 bridgehead atoms. The highest BCUT2D eigenvalue weighted by Gasteiger charge is 2.23. The van der Waals surface area contributed by atoms with Crippen LogP contribution in [0.2, 0.25) is 0 Å². The summed E-state index contributed by atoms with van der Waals surface area (Å²) in [7, 11) is 2.17. The van der Waals surface area contributed by atoms with Crippen molar-refractivity contribution in [3.8, 4) is 0 Å². The summed E-state index contributed by atoms with van der Waals surface area (Å²) in [6, 6.07) is 0.633. The first-order valence-electron chi connectivity index (χ1n) is 6.68. The molecule has 0 aliphatic heterocycles. The Kier molecular flexibility index (Phi) is 3.26. The number of aromatic nitrogens is 2. The number of fused-ring (bicyclic) bond motifs is 1. The van der Waals surface area contributed by atoms with Crippen molar-refractivity contribution < 1.29 is 0 Å². The largest absolute Gasteiger partial charge is 0.355 e. The Labute approximate surface area is 111 Å². The highest BCUT2D eigenvalue weighted by molar-refractivity contribution is 7.15. The molecule has 1 saturated carbocycles. The average molecular weight is 264 g/mol. The number of imidazole rings is 1. The molecule has 1 aliphatic carbocycles. The minimum absolute atomic E-state index is 0.546. The van der Waals surface area contributed by atoms with Crippen molar-refractivity contribution in [2.24, 2.45) is 5.73 Å². The molecule has 0 radical (unpaired) electrons. The van der Waals surface area contributed by atoms with Crippen LogP contribution < -0.4 is 10.6 Å². The van der Waals surface area contributed by atoms with Crippen LogP contribution in [0.3, 0.4) is 0 Å². The Bertz CT molecular complexity index is 524. The zero-order valence-electron chi connectivity index (χ0n) is 10.8. The van der Waals surface area contributed by atoms with Gasteiger partial charge in [-0.15, -0.1) is 11.3 Å². The third-order valence-corrected chi connectivity index (χ3v) is 4.75. The number of thiazole rings is 1. The van der Waals surface area contributed by atoms with Gasteiger partial charge in [0, 0.05) is 31.2 Å². The normalized spacial score (nSPS) is 17.4. The summed E-state index contributed by atoms with van der Waals surface area (Å²) in [4.78, 5) is 8.14. The van der Waals surface area contributed by atoms with Crippen LogP contribution >= 0.6 is 11.3 Å². The first-order valence-corrected chi connectivity index (χ1v) is 7.56. The molecule has 2 aromatic rings. The Morgan fingerprint density at radius 1 is 1.44 bits per heavy atom. The van der Waals surface area contributed by atoms with Gasteiger partial charge >= 0.3 is 0 Å². The lowest BCUT2D eigenvalue weighted by Crippen LogP contribution is -2.34. The number of nitrogens with zero attached hydrogens (tertiary/aromatic N) is 3. The molecule has 0 atom stereocenters. The van der Waals surface area contributed by atoms with E-state index in [1.807, 2.05) is 0 Å². The molecule has 0 saturated heterocycles. The smallest absolute Gasteiger partial charge is 0.195 e. The first kappa shape index (κ1) is 12.0. The Morgan fingerprint density at radius 2 is 2.22 bits per heavy atom. The molecule has 3 rings (SSSR count). The van der Waals surface area contributed by atoms with E-state index < -0.39 is 0 Å². The van der Waals surface area contributed by atoms with E-state index in [0.29, 0.717) is 12.6 Å². The van der Waals surface area contributed by atoms with Gasteiger partial charge in [0.2, 0.25) is 0 Å². The van der Waals surface area contributed by atoms with E-state index in [9.17, 15) is 0 Å². The van der Waals surface area contributed by atoms with E-state index in [-0.39, 0.29) is 0 Å². The number of anilines is 1. The van der Waals surface area contributed by atoms with Crippen LogP contribution in [0.5, 0.6) is 0 Å². The summed E-state index contributed by atoms with van der Waals surface area (Å²) in [6.45, 7) is 0.546. The van der Waals surface area contributed by atoms with Gasteiger partial charge < -0.3 is 10.6 Å². The molecule has 2 N–H and O–H groups in total. The molecule has 5 heteroatoms. The molecule has 0 amide bonds. The van der Waals surface area contributed by atoms with Crippen LogP contribution in [0.1, 0.15) is 37.8 Å². The fraction of sp³-hybridized carbons (Fsp3) is 0.615. The molecular formula is C13H20N4S. The fourth-order valence-electron chi connectivity index (χ4n) is 2.93. The minimum Gasteiger partial charge on any atom is -0.355 e. The summed E-state index contributed by atoms with van der Waals surface area (Å²) < 4.78 is 2.12. The molecule has 2 heterocycles. The van der Waals surface area contributed by atoms with Crippen molar-refractivity contribution in [1.29, 1.82) is 0 Å². The van der Waals surface area contributed by atoms with Gasteiger partial charge in [0.1, 0.15) is 0 Å². The lowest BCUT2D eigenvalue weighted by Gasteiger charge is -2.32. The molecule has 0 aromatic carbocycles. The van der Waals surface area contributed by atoms with Crippen LogP contribution in [-0.2, 0) is 6.54 Å². The Hall–Kier alpha value is -1.07. The van der Waals surface area contributed by atoms with E-state index in [1.165, 1.54) is 32.1 Å². The van der Waals surface area contributed by atoms with Gasteiger partial charge in [-0.3, -0.25) is 4.40 Å². The number of hydrogen-bond donors (Lipinski definition) is 1. The molecule has 4 nitrogen and oxygen atoms in total. The summed E-state index contributed by atoms with van der Waals surface area (Å²) in [6.07, 6.45) is 8.70. The zero-order chi connectivity index (χ0) is 12.5. The van der Waals surface area contributed by atoms with Crippen LogP contribution in [0.4, 0.5) is 5.82 Å². The maximum Gasteiger partial charge on any atom is 0.195 e. The van der Waals surface area contributed by atoms with Crippen LogP contribution in [0.25, 0.3) is 4.96 Å². The van der Waals surface area contributed by atoms with Gasteiger partial charge in [-0.2, -0.15) is 0 Å². The third kappa shape index (κ3) is 1.91. The standard InChI is InChI=1S/C13H20N4S/c1-16(10-5-3-2-4-6-10)12-11(9-14)17-7-8-18-13(17)15-12/h7-8,10H,2-6,9,14H2,1H3. The molecule has 0 spiro atoms. The summed E-state index contributed by atoms with van der Waals surface area (Å²) in [5.74, 6) is 1.08. The second-order valence-electron chi connectivity index (χ2n) is 5.04. The van der Waals surface area contributed by atoms with Gasteiger partial charge in [-0.25, -0.2) is 4.98 Å². The monoisotopic (exact) mass is 264 g/mol. The SMILES string of the molecule is CN(c1nc2sccn2c1CN)C1CCCCC1. The van der Waals surface area contributed by atoms with Crippen molar-refractivity contribution in [2.45, 2.75) is 44.7 Å². The van der Waals surface area contributed by atoms with Crippen LogP contribution in [0.15, 0.2) is 11.6 Å². The van der Waals surface area contributed by atoms with Gasteiger partial charge in [0.05, 0.1) is 5.69 Å². The number of hydrogen-bond acceptors (Lipinski definition) is 4. The molecule has 2 aromatic heterocycles. The average Bonchev–Trinajstić information content (AvgIpc) is 2.98. The van der Waals surface area contributed by atoms with Gasteiger partial charge in [0.25, 0.3) is 0 Å². The minimum atomic E-state index is 0.546. The summed E-state index contributed by atoms with van der Waals surface area (Å²) in [5.41, 5.74) is 7.04. The van der Waals surface area contributed by atoms with Crippen molar-refractivity contribution in [3.05, 3.63) is 17.3 Å². The van der Waals surface area contributed by atoms with Gasteiger partial charge in [-0.1, -0.05) is 19.3 Å². The highest BCUT2D eigenvalue weighted by atomic mass is 32.1. The van der Waals surface area contributed by atoms with E-state index >= 15 is 0 Å². The lowest BCUT2D eigenvalue weighted by molar-refractivity contribution is 0.425. The predicted octanol–water partition coefficient (Wildman–Crippen LogP) is 2.62. The summed E-state index contributed by atoms with van der Waals surface area (Å²) >= 11 is 1.67. The number of rotatable bonds is 3. The Balaban J connectivity index is 1.94. The first-order chi connectivity index (χ1) is 8.81. The summed E-state index contributed by atoms with van der Waals surface area (Å²) in [5, 5.41) is 2.06. The second kappa shape index (κ2) is 4.90. The van der Waals surface area contributed by atoms with E-state index in [0.717, 1.165) is 16.5 Å². The van der Waals surface area contributed by atoms with Crippen molar-refractivity contribution >= 4 is 22.1 Å². The van der Waals surface area contributed by atoms with Crippen LogP contribution in [0, 0.1) is 0 Å². The molecule has 98 valence electrons. The van der Waals surface area contributed by atoms with Crippen molar-refractivity contribution in [1.82, 2.24) is 9.38 Å². The third-order valence-electron chi connectivity index (χ3n) is 3.99. The van der Waals surface area contributed by atoms with E-state index in [1.54, 1.807) is 11.3 Å². The Morgan fingerprint density at radius 3 is 2.94 bits per heavy atom. The maximum atomic E-state index is 5.90. The molecular weight excluding hydrogens is 244 g/mol. The van der Waals surface area contributed by atoms with E-state index in [4.69, 9.17) is 10.7 Å². The second-order valence-corrected chi connectivity index (χ2v) is 5.92. The van der Waals surface area contributed by atoms with Gasteiger partial charge in [0.15, 0.2) is 10.8 Å². The molecule has 1 fully saturated rings. The lowest BCUT2D eigenvalue weighted by atomic mass is 9.94. The molecule has 0 unspecified atom stereocenters. The topological polar surface area (TPSA) is 46.6 Å². The zero-order valence-corrected chi connectivity index (χ0v) is 11.6. The quantitative estimate of drug-likeness (QED) is 0.927. The maximum absolute atomic E-state index is 5.90.